The molecule has 2 aromatic rings. The maximum atomic E-state index is 11.0. The van der Waals surface area contributed by atoms with Crippen LogP contribution in [0, 0.1) is 0 Å². The average Bonchev–Trinajstić information content (AvgIpc) is 2.84. The molecule has 1 aromatic heterocycles. The van der Waals surface area contributed by atoms with E-state index in [1.165, 1.54) is 5.39 Å². The summed E-state index contributed by atoms with van der Waals surface area (Å²) in [5, 5.41) is 3.83. The monoisotopic (exact) mass is 216 g/mol. The lowest BCUT2D eigenvalue weighted by Gasteiger charge is -2.09. The molecule has 1 atom stereocenters. The van der Waals surface area contributed by atoms with Gasteiger partial charge in [-0.2, -0.15) is 0 Å². The van der Waals surface area contributed by atoms with E-state index in [-0.39, 0.29) is 12.2 Å². The van der Waals surface area contributed by atoms with Crippen LogP contribution >= 0.6 is 0 Å². The number of benzene rings is 1. The fourth-order valence-electron chi connectivity index (χ4n) is 2.17. The van der Waals surface area contributed by atoms with Crippen molar-refractivity contribution in [2.45, 2.75) is 6.10 Å². The number of nitrogens with zero attached hydrogens (tertiary/aromatic N) is 1. The van der Waals surface area contributed by atoms with Gasteiger partial charge in [0, 0.05) is 12.6 Å². The van der Waals surface area contributed by atoms with Crippen LogP contribution in [0.15, 0.2) is 30.3 Å². The fourth-order valence-corrected chi connectivity index (χ4v) is 2.17. The number of nitrogens with one attached hydrogen (secondary N) is 1. The molecule has 0 radical (unpaired) electrons. The summed E-state index contributed by atoms with van der Waals surface area (Å²) in [4.78, 5) is 11.0. The zero-order valence-electron chi connectivity index (χ0n) is 8.93. The van der Waals surface area contributed by atoms with Crippen LogP contribution in [0.4, 0.5) is 4.79 Å². The van der Waals surface area contributed by atoms with Gasteiger partial charge in [0.1, 0.15) is 0 Å². The molecule has 0 aliphatic carbocycles. The van der Waals surface area contributed by atoms with E-state index in [4.69, 9.17) is 4.74 Å². The molecule has 1 N–H and O–H groups in total. The number of amides is 1. The average molecular weight is 216 g/mol. The summed E-state index contributed by atoms with van der Waals surface area (Å²) in [7, 11) is 1.99. The van der Waals surface area contributed by atoms with Crippen LogP contribution in [0.5, 0.6) is 0 Å². The highest BCUT2D eigenvalue weighted by Crippen LogP contribution is 2.26. The van der Waals surface area contributed by atoms with E-state index in [1.54, 1.807) is 0 Å². The van der Waals surface area contributed by atoms with Crippen molar-refractivity contribution >= 4 is 17.0 Å². The summed E-state index contributed by atoms with van der Waals surface area (Å²) in [6.45, 7) is 0.545. The smallest absolute Gasteiger partial charge is 0.408 e. The highest BCUT2D eigenvalue weighted by atomic mass is 16.6. The van der Waals surface area contributed by atoms with Crippen LogP contribution in [0.25, 0.3) is 10.9 Å². The molecule has 1 aromatic carbocycles. The number of aryl methyl sites for hydroxylation is 1. The molecule has 1 aliphatic heterocycles. The lowest BCUT2D eigenvalue weighted by molar-refractivity contribution is 0.138. The summed E-state index contributed by atoms with van der Waals surface area (Å²) < 4.78 is 7.26. The summed E-state index contributed by atoms with van der Waals surface area (Å²) in [6.07, 6.45) is -0.514. The number of hydrogen-bond acceptors (Lipinski definition) is 2. The van der Waals surface area contributed by atoms with Crippen molar-refractivity contribution < 1.29 is 9.53 Å². The molecule has 1 unspecified atom stereocenters. The lowest BCUT2D eigenvalue weighted by Crippen LogP contribution is -2.13. The molecular formula is C12H12N2O2. The molecule has 1 amide bonds. The largest absolute Gasteiger partial charge is 0.438 e. The quantitative estimate of drug-likeness (QED) is 0.791. The normalized spacial score (nSPS) is 19.8. The van der Waals surface area contributed by atoms with E-state index in [2.05, 4.69) is 28.1 Å². The van der Waals surface area contributed by atoms with Crippen LogP contribution in [-0.4, -0.2) is 17.2 Å². The number of cyclic esters (lactones) is 1. The molecule has 1 fully saturated rings. The number of rotatable bonds is 1. The first-order valence-electron chi connectivity index (χ1n) is 5.24. The number of para-hydroxylation sites is 1. The van der Waals surface area contributed by atoms with E-state index in [0.29, 0.717) is 6.54 Å². The maximum Gasteiger partial charge on any atom is 0.408 e. The number of carbonyl (C=O) groups is 1. The Labute approximate surface area is 92.8 Å². The Hall–Kier alpha value is -1.97. The van der Waals surface area contributed by atoms with Crippen LogP contribution in [-0.2, 0) is 11.8 Å². The minimum Gasteiger partial charge on any atom is -0.438 e. The van der Waals surface area contributed by atoms with Gasteiger partial charge in [-0.1, -0.05) is 18.2 Å². The van der Waals surface area contributed by atoms with Gasteiger partial charge in [0.15, 0.2) is 6.10 Å². The predicted octanol–water partition coefficient (Wildman–Crippen LogP) is 1.96. The molecular weight excluding hydrogens is 204 g/mol. The second-order valence-corrected chi connectivity index (χ2v) is 3.96. The first-order chi connectivity index (χ1) is 7.75. The van der Waals surface area contributed by atoms with Gasteiger partial charge in [-0.05, 0) is 17.5 Å². The minimum atomic E-state index is -0.338. The van der Waals surface area contributed by atoms with Crippen molar-refractivity contribution in [2.75, 3.05) is 6.54 Å². The topological polar surface area (TPSA) is 43.3 Å². The van der Waals surface area contributed by atoms with Gasteiger partial charge in [-0.25, -0.2) is 4.79 Å². The van der Waals surface area contributed by atoms with E-state index in [9.17, 15) is 4.79 Å². The zero-order chi connectivity index (χ0) is 11.1. The van der Waals surface area contributed by atoms with Gasteiger partial charge < -0.3 is 14.6 Å². The molecule has 0 spiro atoms. The molecule has 0 bridgehead atoms. The van der Waals surface area contributed by atoms with Crippen molar-refractivity contribution in [2.24, 2.45) is 7.05 Å². The Morgan fingerprint density at radius 2 is 2.25 bits per heavy atom. The Bertz CT molecular complexity index is 559. The number of carbonyl (C=O) groups excluding carboxylic acids is 1. The summed E-state index contributed by atoms with van der Waals surface area (Å²) >= 11 is 0. The highest BCUT2D eigenvalue weighted by molar-refractivity contribution is 5.81. The first kappa shape index (κ1) is 9.27. The third kappa shape index (κ3) is 1.26. The third-order valence-electron chi connectivity index (χ3n) is 3.00. The Kier molecular flexibility index (Phi) is 1.89. The molecule has 16 heavy (non-hydrogen) atoms. The van der Waals surface area contributed by atoms with Crippen LogP contribution in [0.3, 0.4) is 0 Å². The van der Waals surface area contributed by atoms with Crippen LogP contribution in [0.1, 0.15) is 11.8 Å². The number of fused-ring (bicyclic) bond motifs is 1. The second kappa shape index (κ2) is 3.27. The summed E-state index contributed by atoms with van der Waals surface area (Å²) in [5.41, 5.74) is 2.18. The van der Waals surface area contributed by atoms with E-state index in [1.807, 2.05) is 19.2 Å². The van der Waals surface area contributed by atoms with E-state index in [0.717, 1.165) is 11.2 Å². The highest BCUT2D eigenvalue weighted by Gasteiger charge is 2.26. The minimum absolute atomic E-state index is 0.176. The number of ether oxygens (including phenoxy) is 1. The standard InChI is InChI=1S/C12H12N2O2/c1-14-9-5-3-2-4-8(9)6-10(14)11-7-13-12(15)16-11/h2-6,11H,7H2,1H3,(H,13,15). The third-order valence-corrected chi connectivity index (χ3v) is 3.00. The van der Waals surface area contributed by atoms with Crippen molar-refractivity contribution in [3.63, 3.8) is 0 Å². The molecule has 4 nitrogen and oxygen atoms in total. The zero-order valence-corrected chi connectivity index (χ0v) is 8.93. The molecule has 4 heteroatoms. The van der Waals surface area contributed by atoms with Crippen molar-refractivity contribution in [3.8, 4) is 0 Å². The summed E-state index contributed by atoms with van der Waals surface area (Å²) in [5.74, 6) is 0. The Morgan fingerprint density at radius 1 is 1.44 bits per heavy atom. The summed E-state index contributed by atoms with van der Waals surface area (Å²) in [6, 6.07) is 10.2. The van der Waals surface area contributed by atoms with Gasteiger partial charge in [-0.15, -0.1) is 0 Å². The fraction of sp³-hybridized carbons (Fsp3) is 0.250. The van der Waals surface area contributed by atoms with Gasteiger partial charge in [0.2, 0.25) is 0 Å². The van der Waals surface area contributed by atoms with Gasteiger partial charge in [0.05, 0.1) is 12.2 Å². The van der Waals surface area contributed by atoms with Crippen LogP contribution < -0.4 is 5.32 Å². The number of aromatic nitrogens is 1. The van der Waals surface area contributed by atoms with Gasteiger partial charge in [0.25, 0.3) is 0 Å². The Balaban J connectivity index is 2.10. The molecule has 2 heterocycles. The molecule has 0 saturated carbocycles. The molecule has 82 valence electrons. The lowest BCUT2D eigenvalue weighted by atomic mass is 10.2. The van der Waals surface area contributed by atoms with Crippen molar-refractivity contribution in [1.29, 1.82) is 0 Å². The molecule has 3 rings (SSSR count). The maximum absolute atomic E-state index is 11.0. The number of alkyl carbamates (subject to hydrolysis) is 1. The van der Waals surface area contributed by atoms with Gasteiger partial charge >= 0.3 is 6.09 Å². The Morgan fingerprint density at radius 3 is 2.94 bits per heavy atom. The molecule has 1 saturated heterocycles. The number of hydrogen-bond donors (Lipinski definition) is 1. The second-order valence-electron chi connectivity index (χ2n) is 3.96. The van der Waals surface area contributed by atoms with Crippen LogP contribution in [0.2, 0.25) is 0 Å². The predicted molar refractivity (Wildman–Crippen MR) is 60.1 cm³/mol. The van der Waals surface area contributed by atoms with E-state index >= 15 is 0 Å². The van der Waals surface area contributed by atoms with Gasteiger partial charge in [-0.3, -0.25) is 0 Å². The van der Waals surface area contributed by atoms with E-state index < -0.39 is 0 Å². The molecule has 1 aliphatic rings. The first-order valence-corrected chi connectivity index (χ1v) is 5.24. The SMILES string of the molecule is Cn1c(C2CNC(=O)O2)cc2ccccc21. The van der Waals surface area contributed by atoms with Crippen molar-refractivity contribution in [3.05, 3.63) is 36.0 Å². The van der Waals surface area contributed by atoms with Crippen molar-refractivity contribution in [1.82, 2.24) is 9.88 Å².